The van der Waals surface area contributed by atoms with Crippen molar-refractivity contribution in [3.05, 3.63) is 12.7 Å². The molecule has 4 aliphatic rings. The van der Waals surface area contributed by atoms with Crippen molar-refractivity contribution in [3.8, 4) is 0 Å². The van der Waals surface area contributed by atoms with Crippen LogP contribution in [0.2, 0.25) is 0 Å². The molecule has 1 unspecified atom stereocenters. The van der Waals surface area contributed by atoms with Crippen molar-refractivity contribution in [2.75, 3.05) is 32.7 Å². The topological polar surface area (TPSA) is 60.9 Å². The standard InChI is InChI=1S/C20H29N3O3/c1-2-9-22-13-15(12-18(22)25)19(26)21-10-7-20(8-11-21)6-5-17(24)23(14-20)16-3-4-16/h2,15-16H,1,3-14H2. The second kappa shape index (κ2) is 6.71. The first-order valence-electron chi connectivity index (χ1n) is 9.98. The molecular formula is C20H29N3O3. The van der Waals surface area contributed by atoms with Gasteiger partial charge in [0.25, 0.3) is 0 Å². The zero-order valence-electron chi connectivity index (χ0n) is 15.5. The van der Waals surface area contributed by atoms with Gasteiger partial charge in [0.2, 0.25) is 17.7 Å². The Kier molecular flexibility index (Phi) is 4.53. The lowest BCUT2D eigenvalue weighted by Gasteiger charge is -2.48. The molecule has 26 heavy (non-hydrogen) atoms. The van der Waals surface area contributed by atoms with E-state index in [9.17, 15) is 14.4 Å². The smallest absolute Gasteiger partial charge is 0.227 e. The van der Waals surface area contributed by atoms with Crippen LogP contribution in [0.15, 0.2) is 12.7 Å². The minimum Gasteiger partial charge on any atom is -0.342 e. The Morgan fingerprint density at radius 2 is 1.88 bits per heavy atom. The first kappa shape index (κ1) is 17.6. The fraction of sp³-hybridized carbons (Fsp3) is 0.750. The number of piperidine rings is 2. The van der Waals surface area contributed by atoms with Crippen LogP contribution >= 0.6 is 0 Å². The summed E-state index contributed by atoms with van der Waals surface area (Å²) in [4.78, 5) is 42.8. The molecule has 3 aliphatic heterocycles. The van der Waals surface area contributed by atoms with Gasteiger partial charge in [-0.3, -0.25) is 14.4 Å². The number of carbonyl (C=O) groups excluding carboxylic acids is 3. The third-order valence-electron chi connectivity index (χ3n) is 6.73. The van der Waals surface area contributed by atoms with E-state index in [1.807, 2.05) is 4.90 Å². The molecule has 0 bridgehead atoms. The number of likely N-dealkylation sites (tertiary alicyclic amines) is 3. The zero-order valence-corrected chi connectivity index (χ0v) is 15.5. The highest BCUT2D eigenvalue weighted by molar-refractivity contribution is 5.89. The molecule has 4 rings (SSSR count). The van der Waals surface area contributed by atoms with E-state index in [2.05, 4.69) is 11.5 Å². The van der Waals surface area contributed by atoms with Gasteiger partial charge in [0.15, 0.2) is 0 Å². The quantitative estimate of drug-likeness (QED) is 0.713. The molecule has 3 heterocycles. The third kappa shape index (κ3) is 3.26. The number of amides is 3. The molecule has 0 aromatic heterocycles. The van der Waals surface area contributed by atoms with Gasteiger partial charge in [0.1, 0.15) is 0 Å². The average molecular weight is 359 g/mol. The molecule has 0 aromatic rings. The van der Waals surface area contributed by atoms with E-state index in [0.717, 1.165) is 51.7 Å². The van der Waals surface area contributed by atoms with E-state index in [1.54, 1.807) is 11.0 Å². The summed E-state index contributed by atoms with van der Waals surface area (Å²) in [6.45, 7) is 7.13. The van der Waals surface area contributed by atoms with E-state index < -0.39 is 0 Å². The fourth-order valence-electron chi connectivity index (χ4n) is 4.90. The van der Waals surface area contributed by atoms with Crippen LogP contribution in [0, 0.1) is 11.3 Å². The van der Waals surface area contributed by atoms with E-state index >= 15 is 0 Å². The first-order valence-corrected chi connectivity index (χ1v) is 9.98. The Morgan fingerprint density at radius 1 is 1.15 bits per heavy atom. The molecule has 1 atom stereocenters. The summed E-state index contributed by atoms with van der Waals surface area (Å²) in [5, 5.41) is 0. The van der Waals surface area contributed by atoms with Crippen LogP contribution in [0.25, 0.3) is 0 Å². The molecular weight excluding hydrogens is 330 g/mol. The monoisotopic (exact) mass is 359 g/mol. The van der Waals surface area contributed by atoms with Crippen molar-refractivity contribution >= 4 is 17.7 Å². The summed E-state index contributed by atoms with van der Waals surface area (Å²) < 4.78 is 0. The van der Waals surface area contributed by atoms with Crippen molar-refractivity contribution in [2.45, 2.75) is 51.0 Å². The predicted octanol–water partition coefficient (Wildman–Crippen LogP) is 1.41. The second-order valence-electron chi connectivity index (χ2n) is 8.57. The molecule has 0 radical (unpaired) electrons. The summed E-state index contributed by atoms with van der Waals surface area (Å²) in [7, 11) is 0. The van der Waals surface area contributed by atoms with Crippen molar-refractivity contribution < 1.29 is 14.4 Å². The van der Waals surface area contributed by atoms with Crippen LogP contribution in [0.5, 0.6) is 0 Å². The minimum atomic E-state index is -0.201. The van der Waals surface area contributed by atoms with Crippen molar-refractivity contribution in [1.82, 2.24) is 14.7 Å². The van der Waals surface area contributed by atoms with Gasteiger partial charge < -0.3 is 14.7 Å². The first-order chi connectivity index (χ1) is 12.5. The Hall–Kier alpha value is -1.85. The molecule has 1 aliphatic carbocycles. The molecule has 0 aromatic carbocycles. The van der Waals surface area contributed by atoms with E-state index in [0.29, 0.717) is 37.9 Å². The summed E-state index contributed by atoms with van der Waals surface area (Å²) >= 11 is 0. The van der Waals surface area contributed by atoms with Crippen LogP contribution in [-0.2, 0) is 14.4 Å². The normalized spacial score (nSPS) is 28.8. The Labute approximate surface area is 155 Å². The van der Waals surface area contributed by atoms with Crippen molar-refractivity contribution in [1.29, 1.82) is 0 Å². The maximum absolute atomic E-state index is 12.9. The SMILES string of the molecule is C=CCN1CC(C(=O)N2CCC3(CCC(=O)N(C4CC4)C3)CC2)CC1=O. The highest BCUT2D eigenvalue weighted by atomic mass is 16.2. The summed E-state index contributed by atoms with van der Waals surface area (Å²) in [5.41, 5.74) is 0.202. The molecule has 0 N–H and O–H groups in total. The van der Waals surface area contributed by atoms with Gasteiger partial charge in [-0.15, -0.1) is 6.58 Å². The molecule has 3 amide bonds. The Morgan fingerprint density at radius 3 is 2.54 bits per heavy atom. The number of hydrogen-bond acceptors (Lipinski definition) is 3. The van der Waals surface area contributed by atoms with Gasteiger partial charge in [-0.05, 0) is 37.5 Å². The van der Waals surface area contributed by atoms with Gasteiger partial charge in [-0.25, -0.2) is 0 Å². The van der Waals surface area contributed by atoms with E-state index in [-0.39, 0.29) is 23.1 Å². The molecule has 6 heteroatoms. The summed E-state index contributed by atoms with van der Waals surface area (Å²) in [6.07, 6.45) is 7.94. The molecule has 3 saturated heterocycles. The second-order valence-corrected chi connectivity index (χ2v) is 8.57. The minimum absolute atomic E-state index is 0.0580. The maximum Gasteiger partial charge on any atom is 0.227 e. The van der Waals surface area contributed by atoms with Gasteiger partial charge in [-0.2, -0.15) is 0 Å². The average Bonchev–Trinajstić information content (AvgIpc) is 3.42. The molecule has 1 spiro atoms. The van der Waals surface area contributed by atoms with Crippen LogP contribution < -0.4 is 0 Å². The number of hydrogen-bond donors (Lipinski definition) is 0. The summed E-state index contributed by atoms with van der Waals surface area (Å²) in [6, 6.07) is 0.486. The predicted molar refractivity (Wildman–Crippen MR) is 97.1 cm³/mol. The van der Waals surface area contributed by atoms with E-state index in [4.69, 9.17) is 0 Å². The van der Waals surface area contributed by atoms with Gasteiger partial charge >= 0.3 is 0 Å². The van der Waals surface area contributed by atoms with E-state index in [1.165, 1.54) is 0 Å². The molecule has 4 fully saturated rings. The summed E-state index contributed by atoms with van der Waals surface area (Å²) in [5.74, 6) is 0.309. The van der Waals surface area contributed by atoms with Crippen molar-refractivity contribution in [3.63, 3.8) is 0 Å². The number of nitrogens with zero attached hydrogens (tertiary/aromatic N) is 3. The lowest BCUT2D eigenvalue weighted by Crippen LogP contribution is -2.53. The number of carbonyl (C=O) groups is 3. The molecule has 142 valence electrons. The van der Waals surface area contributed by atoms with Crippen LogP contribution in [-0.4, -0.2) is 71.2 Å². The van der Waals surface area contributed by atoms with Crippen LogP contribution in [0.3, 0.4) is 0 Å². The zero-order chi connectivity index (χ0) is 18.3. The highest BCUT2D eigenvalue weighted by Gasteiger charge is 2.46. The van der Waals surface area contributed by atoms with Gasteiger partial charge in [0.05, 0.1) is 5.92 Å². The fourth-order valence-corrected chi connectivity index (χ4v) is 4.90. The lowest BCUT2D eigenvalue weighted by atomic mass is 9.72. The number of rotatable bonds is 4. The maximum atomic E-state index is 12.9. The molecule has 6 nitrogen and oxygen atoms in total. The Balaban J connectivity index is 1.33. The van der Waals surface area contributed by atoms with Gasteiger partial charge in [-0.1, -0.05) is 6.08 Å². The van der Waals surface area contributed by atoms with Gasteiger partial charge in [0, 0.05) is 51.6 Å². The molecule has 1 saturated carbocycles. The lowest BCUT2D eigenvalue weighted by molar-refractivity contribution is -0.144. The largest absolute Gasteiger partial charge is 0.342 e. The van der Waals surface area contributed by atoms with Crippen LogP contribution in [0.1, 0.15) is 44.9 Å². The Bertz CT molecular complexity index is 620. The highest BCUT2D eigenvalue weighted by Crippen LogP contribution is 2.43. The van der Waals surface area contributed by atoms with Crippen molar-refractivity contribution in [2.24, 2.45) is 11.3 Å². The third-order valence-corrected chi connectivity index (χ3v) is 6.73. The van der Waals surface area contributed by atoms with Crippen LogP contribution in [0.4, 0.5) is 0 Å².